The molecular weight excluding hydrogens is 583 g/mol. The highest BCUT2D eigenvalue weighted by molar-refractivity contribution is 9.11. The molecule has 2 aromatic carbocycles. The molecule has 4 rings (SSSR count). The number of hydrogen-bond donors (Lipinski definition) is 3. The molecule has 0 unspecified atom stereocenters. The van der Waals surface area contributed by atoms with E-state index in [2.05, 4.69) is 67.6 Å². The third-order valence-electron chi connectivity index (χ3n) is 4.28. The summed E-state index contributed by atoms with van der Waals surface area (Å²) in [5, 5.41) is 28.6. The maximum atomic E-state index is 13.2. The van der Waals surface area contributed by atoms with Gasteiger partial charge in [0.15, 0.2) is 5.69 Å². The van der Waals surface area contributed by atoms with Crippen LogP contribution in [0.5, 0.6) is 11.5 Å². The number of nitrogen functional groups attached to an aromatic ring is 1. The molecule has 0 saturated heterocycles. The summed E-state index contributed by atoms with van der Waals surface area (Å²) in [7, 11) is 0. The maximum absolute atomic E-state index is 13.2. The van der Waals surface area contributed by atoms with Crippen LogP contribution in [0.4, 0.5) is 10.2 Å². The number of benzene rings is 2. The van der Waals surface area contributed by atoms with Crippen molar-refractivity contribution in [1.82, 2.24) is 30.7 Å². The Kier molecular flexibility index (Phi) is 6.83. The highest BCUT2D eigenvalue weighted by atomic mass is 79.9. The lowest BCUT2D eigenvalue weighted by molar-refractivity contribution is 0.0947. The summed E-state index contributed by atoms with van der Waals surface area (Å²) in [5.41, 5.74) is 8.71. The van der Waals surface area contributed by atoms with Crippen molar-refractivity contribution in [3.8, 4) is 17.3 Å². The zero-order valence-corrected chi connectivity index (χ0v) is 20.0. The summed E-state index contributed by atoms with van der Waals surface area (Å²) < 4.78 is 25.4. The predicted molar refractivity (Wildman–Crippen MR) is 123 cm³/mol. The molecule has 0 aliphatic carbocycles. The topological polar surface area (TPSA) is 167 Å². The highest BCUT2D eigenvalue weighted by Gasteiger charge is 2.24. The molecule has 4 N–H and O–H groups in total. The monoisotopic (exact) mass is 594 g/mol. The van der Waals surface area contributed by atoms with Crippen molar-refractivity contribution in [3.63, 3.8) is 0 Å². The molecule has 0 bridgehead atoms. The molecule has 0 fully saturated rings. The van der Waals surface area contributed by atoms with Crippen LogP contribution in [0.2, 0.25) is 0 Å². The lowest BCUT2D eigenvalue weighted by Crippen LogP contribution is -2.21. The lowest BCUT2D eigenvalue weighted by atomic mass is 10.2. The number of nitrogens with zero attached hydrogens (tertiary/aromatic N) is 6. The largest absolute Gasteiger partial charge is 0.506 e. The number of phenolic OH excluding ortho intramolecular Hbond substituents is 1. The van der Waals surface area contributed by atoms with E-state index in [1.807, 2.05) is 0 Å². The third-order valence-corrected chi connectivity index (χ3v) is 5.49. The molecule has 0 aliphatic rings. The fourth-order valence-electron chi connectivity index (χ4n) is 2.68. The second-order valence-corrected chi connectivity index (χ2v) is 8.25. The van der Waals surface area contributed by atoms with E-state index in [0.717, 1.165) is 4.68 Å². The Labute approximate surface area is 206 Å². The molecule has 12 nitrogen and oxygen atoms in total. The van der Waals surface area contributed by atoms with Crippen LogP contribution in [0.25, 0.3) is 5.82 Å². The highest BCUT2D eigenvalue weighted by Crippen LogP contribution is 2.32. The molecular formula is C19H13Br2FN8O4. The molecule has 0 aliphatic heterocycles. The molecule has 2 aromatic heterocycles. The SMILES string of the molecule is Nc1nonc1-n1nnc(C(=O)NN=Cc2cc(Br)c(O)c(Br)c2)c1COc1ccc(F)cc1. The van der Waals surface area contributed by atoms with E-state index in [0.29, 0.717) is 20.3 Å². The minimum absolute atomic E-state index is 0.00607. The van der Waals surface area contributed by atoms with Gasteiger partial charge in [-0.25, -0.2) is 14.4 Å². The summed E-state index contributed by atoms with van der Waals surface area (Å²) in [6.45, 7) is -0.199. The molecule has 0 saturated carbocycles. The first-order valence-corrected chi connectivity index (χ1v) is 10.8. The fourth-order valence-corrected chi connectivity index (χ4v) is 3.90. The number of aromatic nitrogens is 5. The third kappa shape index (κ3) is 5.04. The van der Waals surface area contributed by atoms with Gasteiger partial charge >= 0.3 is 0 Å². The maximum Gasteiger partial charge on any atom is 0.293 e. The number of hydrogen-bond acceptors (Lipinski definition) is 10. The van der Waals surface area contributed by atoms with Gasteiger partial charge in [-0.2, -0.15) is 9.78 Å². The smallest absolute Gasteiger partial charge is 0.293 e. The van der Waals surface area contributed by atoms with Crippen molar-refractivity contribution < 1.29 is 23.7 Å². The average Bonchev–Trinajstić information content (AvgIpc) is 3.42. The standard InChI is InChI=1S/C19H13Br2FN8O4/c20-12-5-9(6-13(21)16(12)31)7-24-26-19(32)15-14(8-33-11-3-1-10(22)2-4-11)30(29-25-15)18-17(23)27-34-28-18/h1-7,31H,8H2,(H2,23,27)(H,26,32). The Hall–Kier alpha value is -3.85. The zero-order valence-electron chi connectivity index (χ0n) is 16.8. The fraction of sp³-hybridized carbons (Fsp3) is 0.0526. The van der Waals surface area contributed by atoms with Crippen LogP contribution >= 0.6 is 31.9 Å². The lowest BCUT2D eigenvalue weighted by Gasteiger charge is -2.08. The number of anilines is 1. The number of aromatic hydroxyl groups is 1. The van der Waals surface area contributed by atoms with Crippen LogP contribution in [-0.4, -0.2) is 42.5 Å². The number of carbonyl (C=O) groups is 1. The van der Waals surface area contributed by atoms with Crippen LogP contribution in [0.3, 0.4) is 0 Å². The summed E-state index contributed by atoms with van der Waals surface area (Å²) >= 11 is 6.44. The molecule has 34 heavy (non-hydrogen) atoms. The molecule has 0 radical (unpaired) electrons. The van der Waals surface area contributed by atoms with Crippen LogP contribution in [0.1, 0.15) is 21.7 Å². The van der Waals surface area contributed by atoms with E-state index in [9.17, 15) is 14.3 Å². The van der Waals surface area contributed by atoms with Gasteiger partial charge in [-0.05, 0) is 84.1 Å². The van der Waals surface area contributed by atoms with Gasteiger partial charge in [-0.1, -0.05) is 5.21 Å². The summed E-state index contributed by atoms with van der Waals surface area (Å²) in [6.07, 6.45) is 1.37. The van der Waals surface area contributed by atoms with E-state index >= 15 is 0 Å². The van der Waals surface area contributed by atoms with Crippen molar-refractivity contribution in [2.45, 2.75) is 6.61 Å². The first-order valence-electron chi connectivity index (χ1n) is 9.26. The number of nitrogens with two attached hydrogens (primary N) is 1. The molecule has 15 heteroatoms. The van der Waals surface area contributed by atoms with Crippen molar-refractivity contribution in [2.75, 3.05) is 5.73 Å². The van der Waals surface area contributed by atoms with Crippen molar-refractivity contribution in [3.05, 3.63) is 68.1 Å². The summed E-state index contributed by atoms with van der Waals surface area (Å²) in [6, 6.07) is 8.52. The van der Waals surface area contributed by atoms with Gasteiger partial charge < -0.3 is 15.6 Å². The molecule has 2 heterocycles. The van der Waals surface area contributed by atoms with E-state index in [1.165, 1.54) is 30.5 Å². The number of halogens is 3. The number of hydrazone groups is 1. The predicted octanol–water partition coefficient (Wildman–Crippen LogP) is 2.95. The molecule has 0 atom stereocenters. The van der Waals surface area contributed by atoms with Crippen LogP contribution < -0.4 is 15.9 Å². The van der Waals surface area contributed by atoms with E-state index in [1.54, 1.807) is 12.1 Å². The molecule has 0 spiro atoms. The molecule has 4 aromatic rings. The van der Waals surface area contributed by atoms with Crippen LogP contribution in [-0.2, 0) is 6.61 Å². The van der Waals surface area contributed by atoms with Gasteiger partial charge in [0.1, 0.15) is 29.6 Å². The average molecular weight is 596 g/mol. The Balaban J connectivity index is 1.57. The first-order chi connectivity index (χ1) is 16.3. The second kappa shape index (κ2) is 9.96. The Morgan fingerprint density at radius 2 is 1.97 bits per heavy atom. The van der Waals surface area contributed by atoms with E-state index in [4.69, 9.17) is 10.5 Å². The van der Waals surface area contributed by atoms with Gasteiger partial charge in [0.05, 0.1) is 15.2 Å². The summed E-state index contributed by atoms with van der Waals surface area (Å²) in [5.74, 6) is -0.829. The molecule has 1 amide bonds. The number of carbonyl (C=O) groups excluding carboxylic acids is 1. The van der Waals surface area contributed by atoms with Gasteiger partial charge in [-0.3, -0.25) is 4.79 Å². The first kappa shape index (κ1) is 23.3. The Bertz CT molecular complexity index is 1350. The van der Waals surface area contributed by atoms with E-state index < -0.39 is 11.7 Å². The Morgan fingerprint density at radius 1 is 1.26 bits per heavy atom. The quantitative estimate of drug-likeness (QED) is 0.215. The number of rotatable bonds is 7. The van der Waals surface area contributed by atoms with Gasteiger partial charge in [0.25, 0.3) is 5.91 Å². The Morgan fingerprint density at radius 3 is 2.62 bits per heavy atom. The van der Waals surface area contributed by atoms with Crippen molar-refractivity contribution in [2.24, 2.45) is 5.10 Å². The van der Waals surface area contributed by atoms with Gasteiger partial charge in [-0.15, -0.1) is 5.10 Å². The summed E-state index contributed by atoms with van der Waals surface area (Å²) in [4.78, 5) is 12.8. The number of phenols is 1. The van der Waals surface area contributed by atoms with E-state index in [-0.39, 0.29) is 35.4 Å². The minimum atomic E-state index is -0.702. The molecule has 174 valence electrons. The number of ether oxygens (including phenoxy) is 1. The number of nitrogens with one attached hydrogen (secondary N) is 1. The minimum Gasteiger partial charge on any atom is -0.506 e. The second-order valence-electron chi connectivity index (χ2n) is 6.54. The zero-order chi connectivity index (χ0) is 24.2. The van der Waals surface area contributed by atoms with Crippen LogP contribution in [0.15, 0.2) is 55.1 Å². The van der Waals surface area contributed by atoms with Crippen molar-refractivity contribution in [1.29, 1.82) is 0 Å². The number of amides is 1. The van der Waals surface area contributed by atoms with Crippen LogP contribution in [0, 0.1) is 5.82 Å². The van der Waals surface area contributed by atoms with Gasteiger partial charge in [0.2, 0.25) is 11.6 Å². The normalized spacial score (nSPS) is 11.1. The van der Waals surface area contributed by atoms with Crippen molar-refractivity contribution >= 4 is 49.8 Å². The van der Waals surface area contributed by atoms with Gasteiger partial charge in [0, 0.05) is 0 Å².